The van der Waals surface area contributed by atoms with Gasteiger partial charge in [0.1, 0.15) is 0 Å². The molecule has 1 saturated heterocycles. The summed E-state index contributed by atoms with van der Waals surface area (Å²) in [6, 6.07) is 7.27. The highest BCUT2D eigenvalue weighted by atomic mass is 35.5. The van der Waals surface area contributed by atoms with Gasteiger partial charge in [-0.05, 0) is 30.5 Å². The summed E-state index contributed by atoms with van der Waals surface area (Å²) in [5.74, 6) is 4.98. The minimum absolute atomic E-state index is 0.0823. The predicted molar refractivity (Wildman–Crippen MR) is 76.8 cm³/mol. The van der Waals surface area contributed by atoms with E-state index in [1.807, 2.05) is 12.1 Å². The van der Waals surface area contributed by atoms with Gasteiger partial charge in [-0.2, -0.15) is 0 Å². The molecule has 6 heteroatoms. The molecular weight excluding hydrogens is 278 g/mol. The molecule has 0 radical (unpaired) electrons. The van der Waals surface area contributed by atoms with Gasteiger partial charge in [0, 0.05) is 24.0 Å². The number of benzene rings is 1. The first-order chi connectivity index (χ1) is 9.60. The molecule has 1 fully saturated rings. The number of amides is 2. The van der Waals surface area contributed by atoms with Gasteiger partial charge in [-0.15, -0.1) is 0 Å². The minimum atomic E-state index is -0.144. The van der Waals surface area contributed by atoms with E-state index in [4.69, 9.17) is 17.4 Å². The molecule has 5 nitrogen and oxygen atoms in total. The summed E-state index contributed by atoms with van der Waals surface area (Å²) in [5, 5.41) is 0.662. The molecule has 2 amide bonds. The van der Waals surface area contributed by atoms with Crippen molar-refractivity contribution in [2.45, 2.75) is 19.3 Å². The van der Waals surface area contributed by atoms with Crippen molar-refractivity contribution in [1.82, 2.24) is 10.3 Å². The lowest BCUT2D eigenvalue weighted by atomic mass is 9.96. The van der Waals surface area contributed by atoms with Crippen molar-refractivity contribution < 1.29 is 9.59 Å². The Morgan fingerprint density at radius 3 is 2.40 bits per heavy atom. The van der Waals surface area contributed by atoms with Crippen LogP contribution in [0.2, 0.25) is 5.02 Å². The summed E-state index contributed by atoms with van der Waals surface area (Å²) in [6.45, 7) is 1.20. The largest absolute Gasteiger partial charge is 0.342 e. The van der Waals surface area contributed by atoms with Crippen LogP contribution in [0.4, 0.5) is 0 Å². The van der Waals surface area contributed by atoms with Crippen LogP contribution in [0.3, 0.4) is 0 Å². The van der Waals surface area contributed by atoms with Crippen molar-refractivity contribution in [3.63, 3.8) is 0 Å². The van der Waals surface area contributed by atoms with Crippen LogP contribution in [0.15, 0.2) is 24.3 Å². The van der Waals surface area contributed by atoms with Gasteiger partial charge in [-0.25, -0.2) is 5.84 Å². The van der Waals surface area contributed by atoms with Crippen LogP contribution < -0.4 is 11.3 Å². The van der Waals surface area contributed by atoms with E-state index in [1.54, 1.807) is 17.0 Å². The van der Waals surface area contributed by atoms with Crippen molar-refractivity contribution in [2.24, 2.45) is 11.8 Å². The number of carbonyl (C=O) groups is 2. The maximum atomic E-state index is 12.2. The molecule has 0 atom stereocenters. The number of rotatable bonds is 3. The molecule has 0 bridgehead atoms. The molecule has 1 aromatic carbocycles. The number of halogens is 1. The summed E-state index contributed by atoms with van der Waals surface area (Å²) in [5.41, 5.74) is 3.11. The lowest BCUT2D eigenvalue weighted by molar-refractivity contribution is -0.135. The molecule has 1 aliphatic heterocycles. The van der Waals surface area contributed by atoms with Crippen LogP contribution in [0.5, 0.6) is 0 Å². The Bertz CT molecular complexity index is 482. The average Bonchev–Trinajstić information content (AvgIpc) is 2.49. The molecule has 0 unspecified atom stereocenters. The number of hydrogen-bond donors (Lipinski definition) is 2. The third kappa shape index (κ3) is 3.71. The number of likely N-dealkylation sites (tertiary alicyclic amines) is 1. The maximum absolute atomic E-state index is 12.2. The smallest absolute Gasteiger partial charge is 0.237 e. The zero-order valence-electron chi connectivity index (χ0n) is 11.1. The molecular formula is C14H18ClN3O2. The Labute approximate surface area is 123 Å². The second kappa shape index (κ2) is 6.72. The molecule has 0 saturated carbocycles. The van der Waals surface area contributed by atoms with Crippen LogP contribution in [-0.2, 0) is 16.0 Å². The van der Waals surface area contributed by atoms with Crippen molar-refractivity contribution in [3.05, 3.63) is 34.9 Å². The molecule has 0 aromatic heterocycles. The first kappa shape index (κ1) is 14.8. The molecule has 3 N–H and O–H groups in total. The lowest BCUT2D eigenvalue weighted by Crippen LogP contribution is -2.45. The highest BCUT2D eigenvalue weighted by molar-refractivity contribution is 6.30. The Balaban J connectivity index is 1.85. The molecule has 0 spiro atoms. The van der Waals surface area contributed by atoms with E-state index in [-0.39, 0.29) is 17.7 Å². The number of hydrazine groups is 1. The topological polar surface area (TPSA) is 75.4 Å². The molecule has 108 valence electrons. The first-order valence-corrected chi connectivity index (χ1v) is 7.00. The van der Waals surface area contributed by atoms with Gasteiger partial charge in [0.05, 0.1) is 6.42 Å². The Morgan fingerprint density at radius 1 is 1.25 bits per heavy atom. The van der Waals surface area contributed by atoms with E-state index in [0.717, 1.165) is 5.56 Å². The Hall–Kier alpha value is -1.59. The van der Waals surface area contributed by atoms with Crippen LogP contribution in [-0.4, -0.2) is 29.8 Å². The average molecular weight is 296 g/mol. The van der Waals surface area contributed by atoms with Crippen LogP contribution in [0, 0.1) is 5.92 Å². The second-order valence-electron chi connectivity index (χ2n) is 4.97. The predicted octanol–water partition coefficient (Wildman–Crippen LogP) is 1.11. The van der Waals surface area contributed by atoms with E-state index in [9.17, 15) is 9.59 Å². The quantitative estimate of drug-likeness (QED) is 0.498. The maximum Gasteiger partial charge on any atom is 0.237 e. The van der Waals surface area contributed by atoms with Crippen LogP contribution in [0.1, 0.15) is 18.4 Å². The standard InChI is InChI=1S/C14H18ClN3O2/c15-12-3-1-10(2-4-12)9-13(19)18-7-5-11(6-8-18)14(20)17-16/h1-4,11H,5-9,16H2,(H,17,20). The van der Waals surface area contributed by atoms with E-state index in [0.29, 0.717) is 37.4 Å². The van der Waals surface area contributed by atoms with E-state index in [2.05, 4.69) is 5.43 Å². The minimum Gasteiger partial charge on any atom is -0.342 e. The van der Waals surface area contributed by atoms with Gasteiger partial charge < -0.3 is 4.90 Å². The van der Waals surface area contributed by atoms with Crippen LogP contribution >= 0.6 is 11.6 Å². The van der Waals surface area contributed by atoms with E-state index < -0.39 is 0 Å². The molecule has 20 heavy (non-hydrogen) atoms. The normalized spacial score (nSPS) is 16.0. The van der Waals surface area contributed by atoms with Crippen molar-refractivity contribution in [1.29, 1.82) is 0 Å². The zero-order valence-corrected chi connectivity index (χ0v) is 11.9. The molecule has 1 heterocycles. The van der Waals surface area contributed by atoms with Gasteiger partial charge in [-0.1, -0.05) is 23.7 Å². The summed E-state index contributed by atoms with van der Waals surface area (Å²) >= 11 is 5.81. The van der Waals surface area contributed by atoms with Crippen molar-refractivity contribution in [2.75, 3.05) is 13.1 Å². The van der Waals surface area contributed by atoms with Crippen molar-refractivity contribution >= 4 is 23.4 Å². The SMILES string of the molecule is NNC(=O)C1CCN(C(=O)Cc2ccc(Cl)cc2)CC1. The summed E-state index contributed by atoms with van der Waals surface area (Å²) < 4.78 is 0. The summed E-state index contributed by atoms with van der Waals surface area (Å²) in [7, 11) is 0. The molecule has 1 aromatic rings. The van der Waals surface area contributed by atoms with Gasteiger partial charge in [0.2, 0.25) is 11.8 Å². The number of piperidine rings is 1. The first-order valence-electron chi connectivity index (χ1n) is 6.63. The van der Waals surface area contributed by atoms with E-state index >= 15 is 0 Å². The third-order valence-corrected chi connectivity index (χ3v) is 3.88. The third-order valence-electron chi connectivity index (χ3n) is 3.63. The van der Waals surface area contributed by atoms with Gasteiger partial charge in [0.15, 0.2) is 0 Å². The summed E-state index contributed by atoms with van der Waals surface area (Å²) in [6.07, 6.45) is 1.69. The molecule has 2 rings (SSSR count). The monoisotopic (exact) mass is 295 g/mol. The highest BCUT2D eigenvalue weighted by Gasteiger charge is 2.26. The highest BCUT2D eigenvalue weighted by Crippen LogP contribution is 2.18. The van der Waals surface area contributed by atoms with Gasteiger partial charge in [0.25, 0.3) is 0 Å². The molecule has 1 aliphatic rings. The Kier molecular flexibility index (Phi) is 4.98. The lowest BCUT2D eigenvalue weighted by Gasteiger charge is -2.31. The Morgan fingerprint density at radius 2 is 1.85 bits per heavy atom. The fraction of sp³-hybridized carbons (Fsp3) is 0.429. The zero-order chi connectivity index (χ0) is 14.5. The fourth-order valence-electron chi connectivity index (χ4n) is 2.40. The van der Waals surface area contributed by atoms with E-state index in [1.165, 1.54) is 0 Å². The number of hydrogen-bond acceptors (Lipinski definition) is 3. The van der Waals surface area contributed by atoms with Gasteiger partial charge >= 0.3 is 0 Å². The number of nitrogens with one attached hydrogen (secondary N) is 1. The number of nitrogens with zero attached hydrogens (tertiary/aromatic N) is 1. The number of nitrogens with two attached hydrogens (primary N) is 1. The van der Waals surface area contributed by atoms with Gasteiger partial charge in [-0.3, -0.25) is 15.0 Å². The summed E-state index contributed by atoms with van der Waals surface area (Å²) in [4.78, 5) is 25.4. The molecule has 0 aliphatic carbocycles. The number of carbonyl (C=O) groups excluding carboxylic acids is 2. The van der Waals surface area contributed by atoms with Crippen LogP contribution in [0.25, 0.3) is 0 Å². The fourth-order valence-corrected chi connectivity index (χ4v) is 2.52. The van der Waals surface area contributed by atoms with Crippen molar-refractivity contribution in [3.8, 4) is 0 Å². The second-order valence-corrected chi connectivity index (χ2v) is 5.40.